The fraction of sp³-hybridized carbons (Fsp3) is 0.933. The molecule has 2 N–H and O–H groups in total. The van der Waals surface area contributed by atoms with Crippen molar-refractivity contribution in [3.8, 4) is 0 Å². The molecule has 0 aromatic carbocycles. The van der Waals surface area contributed by atoms with Crippen molar-refractivity contribution in [3.05, 3.63) is 0 Å². The number of carbonyl (C=O) groups excluding carboxylic acids is 1. The Hall–Kier alpha value is -0.650. The Morgan fingerprint density at radius 1 is 1.45 bits per heavy atom. The number of amides is 1. The molecule has 2 saturated heterocycles. The fourth-order valence-corrected chi connectivity index (χ4v) is 3.20. The maximum atomic E-state index is 12.4. The van der Waals surface area contributed by atoms with E-state index in [2.05, 4.69) is 36.3 Å². The first-order chi connectivity index (χ1) is 9.49. The normalized spacial score (nSPS) is 28.9. The van der Waals surface area contributed by atoms with Gasteiger partial charge in [0.1, 0.15) is 0 Å². The Kier molecular flexibility index (Phi) is 5.41. The number of ether oxygens (including phenoxy) is 1. The van der Waals surface area contributed by atoms with Crippen molar-refractivity contribution in [2.24, 2.45) is 5.41 Å². The maximum absolute atomic E-state index is 12.4. The van der Waals surface area contributed by atoms with Crippen LogP contribution in [0.15, 0.2) is 0 Å². The van der Waals surface area contributed by atoms with E-state index in [1.807, 2.05) is 0 Å². The van der Waals surface area contributed by atoms with Crippen LogP contribution >= 0.6 is 0 Å². The van der Waals surface area contributed by atoms with Crippen molar-refractivity contribution in [1.29, 1.82) is 0 Å². The van der Waals surface area contributed by atoms with Gasteiger partial charge in [-0.1, -0.05) is 13.8 Å². The van der Waals surface area contributed by atoms with E-state index in [-0.39, 0.29) is 23.4 Å². The van der Waals surface area contributed by atoms with E-state index < -0.39 is 0 Å². The minimum absolute atomic E-state index is 0.0427. The molecule has 116 valence electrons. The summed E-state index contributed by atoms with van der Waals surface area (Å²) >= 11 is 0. The van der Waals surface area contributed by atoms with Gasteiger partial charge in [-0.25, -0.2) is 0 Å². The monoisotopic (exact) mass is 283 g/mol. The molecule has 0 spiro atoms. The predicted octanol–water partition coefficient (Wildman–Crippen LogP) is 0.602. The molecule has 2 unspecified atom stereocenters. The molecule has 0 aromatic rings. The third-order valence-electron chi connectivity index (χ3n) is 4.41. The Morgan fingerprint density at radius 2 is 2.15 bits per heavy atom. The van der Waals surface area contributed by atoms with E-state index in [1.54, 1.807) is 0 Å². The Labute approximate surface area is 122 Å². The van der Waals surface area contributed by atoms with Crippen molar-refractivity contribution in [2.45, 2.75) is 45.7 Å². The van der Waals surface area contributed by atoms with Crippen LogP contribution in [0.3, 0.4) is 0 Å². The average Bonchev–Trinajstić information content (AvgIpc) is 2.38. The average molecular weight is 283 g/mol. The van der Waals surface area contributed by atoms with E-state index in [1.165, 1.54) is 0 Å². The molecule has 5 heteroatoms. The molecule has 2 heterocycles. The van der Waals surface area contributed by atoms with E-state index in [0.29, 0.717) is 0 Å². The standard InChI is InChI=1S/C15H29N3O2/c1-12(11-18-7-9-20-10-8-18)17-14(19)13-15(2,3)5-4-6-16-13/h12-13,16H,4-11H2,1-3H3,(H,17,19). The van der Waals surface area contributed by atoms with Crippen molar-refractivity contribution >= 4 is 5.91 Å². The number of rotatable bonds is 4. The molecular weight excluding hydrogens is 254 g/mol. The molecule has 20 heavy (non-hydrogen) atoms. The third kappa shape index (κ3) is 4.17. The van der Waals surface area contributed by atoms with Crippen LogP contribution in [0.25, 0.3) is 0 Å². The van der Waals surface area contributed by atoms with Gasteiger partial charge in [0.2, 0.25) is 5.91 Å². The molecule has 2 aliphatic heterocycles. The molecule has 0 aromatic heterocycles. The van der Waals surface area contributed by atoms with Crippen LogP contribution in [0, 0.1) is 5.41 Å². The van der Waals surface area contributed by atoms with E-state index in [0.717, 1.165) is 52.2 Å². The van der Waals surface area contributed by atoms with Gasteiger partial charge in [-0.15, -0.1) is 0 Å². The second-order valence-corrected chi connectivity index (χ2v) is 6.80. The predicted molar refractivity (Wildman–Crippen MR) is 79.7 cm³/mol. The van der Waals surface area contributed by atoms with Gasteiger partial charge in [0.25, 0.3) is 0 Å². The van der Waals surface area contributed by atoms with Crippen molar-refractivity contribution in [2.75, 3.05) is 39.4 Å². The van der Waals surface area contributed by atoms with Crippen LogP contribution < -0.4 is 10.6 Å². The second kappa shape index (κ2) is 6.87. The zero-order chi connectivity index (χ0) is 14.6. The fourth-order valence-electron chi connectivity index (χ4n) is 3.20. The number of piperidine rings is 1. The Balaban J connectivity index is 1.80. The smallest absolute Gasteiger partial charge is 0.237 e. The lowest BCUT2D eigenvalue weighted by Crippen LogP contribution is -2.58. The highest BCUT2D eigenvalue weighted by Crippen LogP contribution is 2.30. The molecule has 2 fully saturated rings. The molecule has 0 radical (unpaired) electrons. The van der Waals surface area contributed by atoms with Crippen molar-refractivity contribution < 1.29 is 9.53 Å². The molecule has 5 nitrogen and oxygen atoms in total. The molecule has 1 amide bonds. The van der Waals surface area contributed by atoms with Crippen LogP contribution in [-0.2, 0) is 9.53 Å². The largest absolute Gasteiger partial charge is 0.379 e. The van der Waals surface area contributed by atoms with Gasteiger partial charge in [0.05, 0.1) is 19.3 Å². The summed E-state index contributed by atoms with van der Waals surface area (Å²) in [5.74, 6) is 0.149. The summed E-state index contributed by atoms with van der Waals surface area (Å²) in [6, 6.07) is 0.114. The molecular formula is C15H29N3O2. The van der Waals surface area contributed by atoms with Crippen LogP contribution in [0.1, 0.15) is 33.6 Å². The van der Waals surface area contributed by atoms with Crippen LogP contribution in [0.2, 0.25) is 0 Å². The van der Waals surface area contributed by atoms with E-state index in [9.17, 15) is 4.79 Å². The summed E-state index contributed by atoms with van der Waals surface area (Å²) in [6.07, 6.45) is 2.26. The highest BCUT2D eigenvalue weighted by Gasteiger charge is 2.37. The minimum Gasteiger partial charge on any atom is -0.379 e. The highest BCUT2D eigenvalue weighted by atomic mass is 16.5. The zero-order valence-electron chi connectivity index (χ0n) is 13.1. The maximum Gasteiger partial charge on any atom is 0.237 e. The van der Waals surface area contributed by atoms with Gasteiger partial charge in [0, 0.05) is 25.7 Å². The van der Waals surface area contributed by atoms with Crippen molar-refractivity contribution in [3.63, 3.8) is 0 Å². The Bertz CT molecular complexity index is 327. The molecule has 0 aliphatic carbocycles. The second-order valence-electron chi connectivity index (χ2n) is 6.80. The van der Waals surface area contributed by atoms with E-state index in [4.69, 9.17) is 4.74 Å². The number of hydrogen-bond acceptors (Lipinski definition) is 4. The number of carbonyl (C=O) groups is 1. The Morgan fingerprint density at radius 3 is 2.80 bits per heavy atom. The molecule has 0 bridgehead atoms. The van der Waals surface area contributed by atoms with Gasteiger partial charge in [-0.2, -0.15) is 0 Å². The molecule has 2 atom stereocenters. The van der Waals surface area contributed by atoms with Gasteiger partial charge in [-0.05, 0) is 31.7 Å². The number of morpholine rings is 1. The van der Waals surface area contributed by atoms with E-state index >= 15 is 0 Å². The summed E-state index contributed by atoms with van der Waals surface area (Å²) in [7, 11) is 0. The van der Waals surface area contributed by atoms with Crippen LogP contribution in [0.5, 0.6) is 0 Å². The highest BCUT2D eigenvalue weighted by molar-refractivity contribution is 5.83. The summed E-state index contributed by atoms with van der Waals surface area (Å²) in [5.41, 5.74) is 0.0427. The van der Waals surface area contributed by atoms with Gasteiger partial charge >= 0.3 is 0 Å². The first-order valence-electron chi connectivity index (χ1n) is 7.83. The lowest BCUT2D eigenvalue weighted by atomic mass is 9.77. The van der Waals surface area contributed by atoms with Crippen LogP contribution in [-0.4, -0.2) is 62.3 Å². The number of nitrogens with zero attached hydrogens (tertiary/aromatic N) is 1. The lowest BCUT2D eigenvalue weighted by Gasteiger charge is -2.39. The topological polar surface area (TPSA) is 53.6 Å². The number of nitrogens with one attached hydrogen (secondary N) is 2. The lowest BCUT2D eigenvalue weighted by molar-refractivity contribution is -0.127. The minimum atomic E-state index is -0.0663. The summed E-state index contributed by atoms with van der Waals surface area (Å²) in [6.45, 7) is 11.8. The zero-order valence-corrected chi connectivity index (χ0v) is 13.1. The van der Waals surface area contributed by atoms with Gasteiger partial charge in [-0.3, -0.25) is 9.69 Å². The third-order valence-corrected chi connectivity index (χ3v) is 4.41. The first kappa shape index (κ1) is 15.7. The molecule has 2 aliphatic rings. The van der Waals surface area contributed by atoms with Gasteiger partial charge in [0.15, 0.2) is 0 Å². The molecule has 0 saturated carbocycles. The summed E-state index contributed by atoms with van der Waals surface area (Å²) in [4.78, 5) is 14.8. The van der Waals surface area contributed by atoms with Gasteiger partial charge < -0.3 is 15.4 Å². The number of hydrogen-bond donors (Lipinski definition) is 2. The van der Waals surface area contributed by atoms with Crippen molar-refractivity contribution in [1.82, 2.24) is 15.5 Å². The summed E-state index contributed by atoms with van der Waals surface area (Å²) < 4.78 is 5.35. The molecule has 2 rings (SSSR count). The van der Waals surface area contributed by atoms with Crippen LogP contribution in [0.4, 0.5) is 0 Å². The SMILES string of the molecule is CC(CN1CCOCC1)NC(=O)C1NCCCC1(C)C. The first-order valence-corrected chi connectivity index (χ1v) is 7.83. The summed E-state index contributed by atoms with van der Waals surface area (Å²) in [5, 5.41) is 6.54. The quantitative estimate of drug-likeness (QED) is 0.793.